The zero-order chi connectivity index (χ0) is 5.45. The molecule has 6 heavy (non-hydrogen) atoms. The van der Waals surface area contributed by atoms with Crippen LogP contribution in [0.5, 0.6) is 0 Å². The molecule has 0 atom stereocenters. The highest BCUT2D eigenvalue weighted by atomic mass is 35.7. The van der Waals surface area contributed by atoms with Crippen molar-refractivity contribution in [2.75, 3.05) is 25.0 Å². The molecule has 0 heterocycles. The van der Waals surface area contributed by atoms with Crippen LogP contribution in [0.1, 0.15) is 0 Å². The molecule has 0 aliphatic heterocycles. The van der Waals surface area contributed by atoms with E-state index in [2.05, 4.69) is 25.0 Å². The number of hydrogen-bond donors (Lipinski definition) is 1. The Morgan fingerprint density at radius 1 is 1.00 bits per heavy atom. The SMILES string of the molecule is C[SH](C)(C)(C)Cl. The molecule has 0 aromatic carbocycles. The van der Waals surface area contributed by atoms with E-state index >= 15 is 0 Å². The van der Waals surface area contributed by atoms with Crippen LogP contribution in [0.15, 0.2) is 0 Å². The lowest BCUT2D eigenvalue weighted by Crippen LogP contribution is -1.98. The third kappa shape index (κ3) is 150. The first-order valence-electron chi connectivity index (χ1n) is 1.96. The Morgan fingerprint density at radius 2 is 1.00 bits per heavy atom. The van der Waals surface area contributed by atoms with Crippen molar-refractivity contribution in [1.29, 1.82) is 0 Å². The summed E-state index contributed by atoms with van der Waals surface area (Å²) in [5.74, 6) is 0. The Bertz CT molecular complexity index is 40.7. The zero-order valence-electron chi connectivity index (χ0n) is 4.83. The molecule has 42 valence electrons. The highest BCUT2D eigenvalue weighted by Gasteiger charge is 2.10. The lowest BCUT2D eigenvalue weighted by atomic mass is 11.8. The predicted octanol–water partition coefficient (Wildman–Crippen LogP) is 1.73. The molecule has 0 aromatic rings. The van der Waals surface area contributed by atoms with E-state index in [1.807, 2.05) is 0 Å². The fraction of sp³-hybridized carbons (Fsp3) is 1.00. The maximum absolute atomic E-state index is 5.92. The maximum Gasteiger partial charge on any atom is -0.0376 e. The number of hydrogen-bond acceptors (Lipinski definition) is 0. The van der Waals surface area contributed by atoms with Crippen LogP contribution in [-0.4, -0.2) is 25.0 Å². The summed E-state index contributed by atoms with van der Waals surface area (Å²) in [5.41, 5.74) is 0. The molecule has 0 bridgehead atoms. The molecule has 0 N–H and O–H groups in total. The van der Waals surface area contributed by atoms with Crippen LogP contribution >= 0.6 is 19.1 Å². The van der Waals surface area contributed by atoms with Gasteiger partial charge in [-0.2, -0.15) is 0 Å². The quantitative estimate of drug-likeness (QED) is 0.472. The van der Waals surface area contributed by atoms with E-state index in [0.29, 0.717) is 0 Å². The summed E-state index contributed by atoms with van der Waals surface area (Å²) >= 11 is 0. The van der Waals surface area contributed by atoms with Crippen LogP contribution in [0, 0.1) is 0 Å². The average Bonchev–Trinajstić information content (AvgIpc) is 0.650. The van der Waals surface area contributed by atoms with Crippen molar-refractivity contribution < 1.29 is 0 Å². The molecule has 0 unspecified atom stereocenters. The molecule has 0 aromatic heterocycles. The number of rotatable bonds is 0. The highest BCUT2D eigenvalue weighted by Crippen LogP contribution is 2.60. The molecule has 0 aliphatic carbocycles. The first kappa shape index (κ1) is 6.64. The summed E-state index contributed by atoms with van der Waals surface area (Å²) in [6.07, 6.45) is 8.42. The van der Waals surface area contributed by atoms with Crippen LogP contribution in [0.25, 0.3) is 0 Å². The Kier molecular flexibility index (Phi) is 1.19. The van der Waals surface area contributed by atoms with E-state index in [1.165, 1.54) is 0 Å². The largest absolute Gasteiger partial charge is 0.232 e. The van der Waals surface area contributed by atoms with Gasteiger partial charge in [0.25, 0.3) is 0 Å². The number of thiol groups is 1. The topological polar surface area (TPSA) is 0 Å². The van der Waals surface area contributed by atoms with Crippen molar-refractivity contribution in [2.24, 2.45) is 0 Å². The molecule has 0 nitrogen and oxygen atoms in total. The van der Waals surface area contributed by atoms with Gasteiger partial charge < -0.3 is 0 Å². The lowest BCUT2D eigenvalue weighted by molar-refractivity contribution is 2.01. The maximum atomic E-state index is 5.92. The first-order chi connectivity index (χ1) is 2.24. The highest BCUT2D eigenvalue weighted by molar-refractivity contribution is 8.63. The summed E-state index contributed by atoms with van der Waals surface area (Å²) in [6.45, 7) is 0. The van der Waals surface area contributed by atoms with Crippen molar-refractivity contribution in [1.82, 2.24) is 0 Å². The first-order valence-corrected chi connectivity index (χ1v) is 6.89. The average molecular weight is 129 g/mol. The third-order valence-corrected chi connectivity index (χ3v) is 0. The minimum atomic E-state index is -1.58. The normalized spacial score (nSPS) is 19.2. The molecule has 0 spiro atoms. The monoisotopic (exact) mass is 128 g/mol. The summed E-state index contributed by atoms with van der Waals surface area (Å²) in [5, 5.41) is 0. The van der Waals surface area contributed by atoms with Crippen molar-refractivity contribution in [3.8, 4) is 0 Å². The van der Waals surface area contributed by atoms with E-state index in [9.17, 15) is 0 Å². The van der Waals surface area contributed by atoms with E-state index in [0.717, 1.165) is 0 Å². The van der Waals surface area contributed by atoms with Gasteiger partial charge in [0.2, 0.25) is 0 Å². The van der Waals surface area contributed by atoms with Crippen LogP contribution in [0.2, 0.25) is 0 Å². The van der Waals surface area contributed by atoms with Crippen molar-refractivity contribution >= 4 is 19.1 Å². The Hall–Kier alpha value is 0.640. The molecule has 0 saturated carbocycles. The van der Waals surface area contributed by atoms with E-state index in [-0.39, 0.29) is 0 Å². The smallest absolute Gasteiger partial charge is 0.0376 e. The van der Waals surface area contributed by atoms with Gasteiger partial charge >= 0.3 is 0 Å². The van der Waals surface area contributed by atoms with E-state index in [4.69, 9.17) is 10.7 Å². The Balaban J connectivity index is 3.73. The van der Waals surface area contributed by atoms with Gasteiger partial charge in [-0.3, -0.25) is 0 Å². The van der Waals surface area contributed by atoms with Crippen molar-refractivity contribution in [3.63, 3.8) is 0 Å². The summed E-state index contributed by atoms with van der Waals surface area (Å²) in [4.78, 5) is 0. The molecule has 0 rings (SSSR count). The van der Waals surface area contributed by atoms with Gasteiger partial charge in [-0.1, -0.05) is 10.7 Å². The van der Waals surface area contributed by atoms with E-state index < -0.39 is 8.37 Å². The molecule has 0 radical (unpaired) electrons. The Morgan fingerprint density at radius 3 is 1.00 bits per heavy atom. The standard InChI is InChI=1S/C4H13ClS/c1-6(2,3,4)5/h6H,1-4H3. The van der Waals surface area contributed by atoms with Gasteiger partial charge in [0.05, 0.1) is 0 Å². The van der Waals surface area contributed by atoms with Gasteiger partial charge in [-0.05, 0) is 25.0 Å². The Labute approximate surface area is 44.7 Å². The molecule has 0 saturated heterocycles. The van der Waals surface area contributed by atoms with Gasteiger partial charge in [-0.15, -0.1) is 0 Å². The van der Waals surface area contributed by atoms with E-state index in [1.54, 1.807) is 0 Å². The minimum absolute atomic E-state index is 1.58. The van der Waals surface area contributed by atoms with Gasteiger partial charge in [0.15, 0.2) is 0 Å². The molecular formula is C4H13ClS. The van der Waals surface area contributed by atoms with Crippen LogP contribution < -0.4 is 0 Å². The summed E-state index contributed by atoms with van der Waals surface area (Å²) in [6, 6.07) is 0. The second kappa shape index (κ2) is 1.07. The zero-order valence-corrected chi connectivity index (χ0v) is 6.48. The van der Waals surface area contributed by atoms with Crippen molar-refractivity contribution in [3.05, 3.63) is 0 Å². The van der Waals surface area contributed by atoms with Gasteiger partial charge in [0.1, 0.15) is 0 Å². The molecule has 0 fully saturated rings. The van der Waals surface area contributed by atoms with Crippen molar-refractivity contribution in [2.45, 2.75) is 0 Å². The second-order valence-electron chi connectivity index (χ2n) is 3.36. The molecule has 0 aliphatic rings. The van der Waals surface area contributed by atoms with Crippen LogP contribution in [0.4, 0.5) is 0 Å². The van der Waals surface area contributed by atoms with Gasteiger partial charge in [-0.25, -0.2) is 8.37 Å². The summed E-state index contributed by atoms with van der Waals surface area (Å²) < 4.78 is 0. The van der Waals surface area contributed by atoms with Crippen LogP contribution in [0.3, 0.4) is 0 Å². The number of halogens is 1. The molecule has 2 heteroatoms. The minimum Gasteiger partial charge on any atom is -0.232 e. The van der Waals surface area contributed by atoms with Crippen LogP contribution in [-0.2, 0) is 0 Å². The third-order valence-electron chi connectivity index (χ3n) is 0. The fourth-order valence-corrected chi connectivity index (χ4v) is 0. The molecular weight excluding hydrogens is 116 g/mol. The second-order valence-corrected chi connectivity index (χ2v) is 14.1. The lowest BCUT2D eigenvalue weighted by Gasteiger charge is -2.38. The predicted molar refractivity (Wildman–Crippen MR) is 38.5 cm³/mol. The molecule has 0 amide bonds. The summed E-state index contributed by atoms with van der Waals surface area (Å²) in [7, 11) is 4.34. The van der Waals surface area contributed by atoms with Gasteiger partial charge in [0, 0.05) is 0 Å². The fourth-order valence-electron chi connectivity index (χ4n) is 0.